The lowest BCUT2D eigenvalue weighted by Gasteiger charge is -2.19. The average molecular weight is 568 g/mol. The molecule has 0 unspecified atom stereocenters. The van der Waals surface area contributed by atoms with Crippen molar-refractivity contribution < 1.29 is 38.0 Å². The van der Waals surface area contributed by atoms with E-state index in [0.29, 0.717) is 52.6 Å². The molecule has 1 amide bonds. The third kappa shape index (κ3) is 22.5. The van der Waals surface area contributed by atoms with Crippen LogP contribution in [0.25, 0.3) is 0 Å². The lowest BCUT2D eigenvalue weighted by atomic mass is 10.2. The molecule has 0 aliphatic heterocycles. The number of rotatable bonds is 21. The second kappa shape index (κ2) is 20.5. The van der Waals surface area contributed by atoms with E-state index in [4.69, 9.17) is 28.4 Å². The Morgan fingerprint density at radius 3 is 1.82 bits per heavy atom. The van der Waals surface area contributed by atoms with Gasteiger partial charge in [0.15, 0.2) is 0 Å². The Labute approximate surface area is 241 Å². The van der Waals surface area contributed by atoms with E-state index >= 15 is 0 Å². The summed E-state index contributed by atoms with van der Waals surface area (Å²) in [5.74, 6) is 0.644. The number of carbonyl (C=O) groups is 2. The summed E-state index contributed by atoms with van der Waals surface area (Å²) in [4.78, 5) is 23.4. The van der Waals surface area contributed by atoms with Crippen molar-refractivity contribution >= 4 is 12.1 Å². The van der Waals surface area contributed by atoms with Gasteiger partial charge in [0, 0.05) is 26.2 Å². The highest BCUT2D eigenvalue weighted by molar-refractivity contribution is 5.69. The molecule has 1 aromatic rings. The van der Waals surface area contributed by atoms with E-state index in [1.165, 1.54) is 0 Å². The molecule has 0 radical (unpaired) electrons. The number of nitrogens with one attached hydrogen (secondary N) is 1. The Kier molecular flexibility index (Phi) is 18.3. The third-order valence-electron chi connectivity index (χ3n) is 5.27. The predicted molar refractivity (Wildman–Crippen MR) is 156 cm³/mol. The van der Waals surface area contributed by atoms with E-state index in [0.717, 1.165) is 56.4 Å². The summed E-state index contributed by atoms with van der Waals surface area (Å²) in [6.45, 7) is 15.8. The van der Waals surface area contributed by atoms with Crippen LogP contribution in [0.1, 0.15) is 92.1 Å². The zero-order valence-corrected chi connectivity index (χ0v) is 25.7. The number of esters is 1. The van der Waals surface area contributed by atoms with Gasteiger partial charge in [-0.1, -0.05) is 18.6 Å². The molecule has 1 rings (SSSR count). The van der Waals surface area contributed by atoms with Crippen LogP contribution in [0.15, 0.2) is 24.3 Å². The average Bonchev–Trinajstić information content (AvgIpc) is 2.85. The van der Waals surface area contributed by atoms with Gasteiger partial charge in [-0.05, 0) is 91.3 Å². The van der Waals surface area contributed by atoms with Crippen LogP contribution in [-0.4, -0.2) is 69.5 Å². The molecule has 0 aromatic heterocycles. The van der Waals surface area contributed by atoms with Crippen molar-refractivity contribution in [2.24, 2.45) is 0 Å². The number of amides is 1. The molecule has 1 aromatic carbocycles. The summed E-state index contributed by atoms with van der Waals surface area (Å²) in [6.07, 6.45) is 5.75. The molecule has 0 saturated carbocycles. The van der Waals surface area contributed by atoms with E-state index in [2.05, 4.69) is 5.32 Å². The molecule has 40 heavy (non-hydrogen) atoms. The van der Waals surface area contributed by atoms with Gasteiger partial charge < -0.3 is 33.7 Å². The number of hydrogen-bond donors (Lipinski definition) is 1. The van der Waals surface area contributed by atoms with Crippen molar-refractivity contribution in [1.82, 2.24) is 5.32 Å². The Hall–Kier alpha value is -2.36. The van der Waals surface area contributed by atoms with Crippen LogP contribution in [0.3, 0.4) is 0 Å². The quantitative estimate of drug-likeness (QED) is 0.138. The lowest BCUT2D eigenvalue weighted by Crippen LogP contribution is -2.32. The molecule has 0 saturated heterocycles. The fraction of sp³-hybridized carbons (Fsp3) is 0.742. The van der Waals surface area contributed by atoms with Crippen LogP contribution in [0, 0.1) is 0 Å². The van der Waals surface area contributed by atoms with E-state index < -0.39 is 17.3 Å². The number of carbonyl (C=O) groups excluding carboxylic acids is 2. The SMILES string of the molecule is CC(C)(C)OC(=O)CCCCOCCOCCOCCCCCCOc1cccc(CNC(=O)OC(C)(C)C)c1. The molecule has 0 atom stereocenters. The zero-order chi connectivity index (χ0) is 29.7. The maximum Gasteiger partial charge on any atom is 0.407 e. The summed E-state index contributed by atoms with van der Waals surface area (Å²) < 4.78 is 33.1. The first-order valence-corrected chi connectivity index (χ1v) is 14.6. The molecule has 9 heteroatoms. The molecule has 0 aliphatic carbocycles. The van der Waals surface area contributed by atoms with Crippen molar-refractivity contribution in [1.29, 1.82) is 0 Å². The molecule has 9 nitrogen and oxygen atoms in total. The second-order valence-electron chi connectivity index (χ2n) is 11.6. The monoisotopic (exact) mass is 567 g/mol. The first kappa shape index (κ1) is 35.7. The normalized spacial score (nSPS) is 11.8. The molecular formula is C31H53NO8. The van der Waals surface area contributed by atoms with Crippen LogP contribution >= 0.6 is 0 Å². The van der Waals surface area contributed by atoms with Gasteiger partial charge in [0.05, 0.1) is 33.0 Å². The highest BCUT2D eigenvalue weighted by Gasteiger charge is 2.16. The Morgan fingerprint density at radius 1 is 0.675 bits per heavy atom. The van der Waals surface area contributed by atoms with Crippen molar-refractivity contribution in [2.75, 3.05) is 46.2 Å². The van der Waals surface area contributed by atoms with Crippen molar-refractivity contribution in [3.63, 3.8) is 0 Å². The highest BCUT2D eigenvalue weighted by Crippen LogP contribution is 2.15. The molecule has 0 aliphatic rings. The first-order valence-electron chi connectivity index (χ1n) is 14.6. The topological polar surface area (TPSA) is 102 Å². The van der Waals surface area contributed by atoms with Crippen LogP contribution in [0.4, 0.5) is 4.79 Å². The summed E-state index contributed by atoms with van der Waals surface area (Å²) in [5.41, 5.74) is 0.0233. The van der Waals surface area contributed by atoms with Gasteiger partial charge in [0.2, 0.25) is 0 Å². The first-order chi connectivity index (χ1) is 18.9. The number of ether oxygens (including phenoxy) is 6. The molecule has 230 valence electrons. The lowest BCUT2D eigenvalue weighted by molar-refractivity contribution is -0.155. The fourth-order valence-electron chi connectivity index (χ4n) is 3.49. The van der Waals surface area contributed by atoms with Crippen LogP contribution in [0.2, 0.25) is 0 Å². The number of unbranched alkanes of at least 4 members (excludes halogenated alkanes) is 4. The highest BCUT2D eigenvalue weighted by atomic mass is 16.6. The predicted octanol–water partition coefficient (Wildman–Crippen LogP) is 6.21. The van der Waals surface area contributed by atoms with Crippen LogP contribution in [0.5, 0.6) is 5.75 Å². The maximum absolute atomic E-state index is 11.8. The van der Waals surface area contributed by atoms with Crippen molar-refractivity contribution in [3.05, 3.63) is 29.8 Å². The summed E-state index contributed by atoms with van der Waals surface area (Å²) >= 11 is 0. The summed E-state index contributed by atoms with van der Waals surface area (Å²) in [7, 11) is 0. The molecule has 0 heterocycles. The van der Waals surface area contributed by atoms with Crippen LogP contribution in [-0.2, 0) is 35.0 Å². The van der Waals surface area contributed by atoms with Crippen molar-refractivity contribution in [2.45, 2.75) is 104 Å². The number of alkyl carbamates (subject to hydrolysis) is 1. The fourth-order valence-corrected chi connectivity index (χ4v) is 3.49. The summed E-state index contributed by atoms with van der Waals surface area (Å²) in [5, 5.41) is 2.76. The van der Waals surface area contributed by atoms with Gasteiger partial charge in [-0.3, -0.25) is 4.79 Å². The molecule has 0 spiro atoms. The van der Waals surface area contributed by atoms with E-state index in [-0.39, 0.29) is 5.97 Å². The third-order valence-corrected chi connectivity index (χ3v) is 5.27. The van der Waals surface area contributed by atoms with E-state index in [9.17, 15) is 9.59 Å². The van der Waals surface area contributed by atoms with Gasteiger partial charge >= 0.3 is 12.1 Å². The summed E-state index contributed by atoms with van der Waals surface area (Å²) in [6, 6.07) is 7.73. The molecule has 1 N–H and O–H groups in total. The van der Waals surface area contributed by atoms with Gasteiger partial charge in [0.1, 0.15) is 17.0 Å². The molecular weight excluding hydrogens is 514 g/mol. The minimum Gasteiger partial charge on any atom is -0.494 e. The standard InChI is InChI=1S/C31H53NO8/c1-30(2,3)39-28(33)16-9-12-18-36-21-23-37-22-20-35-17-10-7-8-11-19-38-27-15-13-14-26(24-27)25-32-29(34)40-31(4,5)6/h13-15,24H,7-12,16-23,25H2,1-6H3,(H,32,34). The van der Waals surface area contributed by atoms with E-state index in [1.807, 2.05) is 65.8 Å². The largest absolute Gasteiger partial charge is 0.494 e. The van der Waals surface area contributed by atoms with Crippen molar-refractivity contribution in [3.8, 4) is 5.75 Å². The minimum atomic E-state index is -0.514. The Morgan fingerprint density at radius 2 is 1.23 bits per heavy atom. The Bertz CT molecular complexity index is 816. The number of hydrogen-bond acceptors (Lipinski definition) is 8. The zero-order valence-electron chi connectivity index (χ0n) is 25.7. The van der Waals surface area contributed by atoms with Gasteiger partial charge in [-0.15, -0.1) is 0 Å². The minimum absolute atomic E-state index is 0.157. The maximum atomic E-state index is 11.8. The van der Waals surface area contributed by atoms with E-state index in [1.54, 1.807) is 0 Å². The Balaban J connectivity index is 1.89. The molecule has 0 bridgehead atoms. The number of benzene rings is 1. The van der Waals surface area contributed by atoms with Gasteiger partial charge in [0.25, 0.3) is 0 Å². The van der Waals surface area contributed by atoms with Gasteiger partial charge in [-0.2, -0.15) is 0 Å². The molecule has 0 fully saturated rings. The second-order valence-corrected chi connectivity index (χ2v) is 11.6. The van der Waals surface area contributed by atoms with Crippen LogP contribution < -0.4 is 10.1 Å². The van der Waals surface area contributed by atoms with Gasteiger partial charge in [-0.25, -0.2) is 4.79 Å². The smallest absolute Gasteiger partial charge is 0.407 e.